The zero-order valence-electron chi connectivity index (χ0n) is 10.2. The molecule has 1 fully saturated rings. The van der Waals surface area contributed by atoms with Crippen molar-refractivity contribution in [1.29, 1.82) is 0 Å². The van der Waals surface area contributed by atoms with Gasteiger partial charge in [0, 0.05) is 0 Å². The van der Waals surface area contributed by atoms with Crippen molar-refractivity contribution in [1.82, 2.24) is 0 Å². The van der Waals surface area contributed by atoms with Gasteiger partial charge in [0.05, 0.1) is 5.41 Å². The fraction of sp³-hybridized carbons (Fsp3) is 1.00. The van der Waals surface area contributed by atoms with Crippen LogP contribution in [0.3, 0.4) is 0 Å². The van der Waals surface area contributed by atoms with Gasteiger partial charge in [0.2, 0.25) is 0 Å². The van der Waals surface area contributed by atoms with E-state index >= 15 is 0 Å². The summed E-state index contributed by atoms with van der Waals surface area (Å²) in [6.45, 7) is 8.82. The van der Waals surface area contributed by atoms with Crippen LogP contribution in [0.5, 0.6) is 0 Å². The summed E-state index contributed by atoms with van der Waals surface area (Å²) in [7, 11) is 0. The molecule has 0 aromatic carbocycles. The number of halogens is 3. The van der Waals surface area contributed by atoms with Crippen LogP contribution in [0.1, 0.15) is 41.0 Å². The van der Waals surface area contributed by atoms with Crippen molar-refractivity contribution in [2.24, 2.45) is 29.1 Å². The SMILES string of the molecule is CC(C)C(C)C(C)(C1CC1C)C(F)(F)F. The molecule has 0 N–H and O–H groups in total. The van der Waals surface area contributed by atoms with E-state index in [1.807, 2.05) is 20.8 Å². The second-order valence-electron chi connectivity index (χ2n) is 5.63. The van der Waals surface area contributed by atoms with E-state index in [2.05, 4.69) is 0 Å². The summed E-state index contributed by atoms with van der Waals surface area (Å²) in [5.41, 5.74) is -1.50. The Labute approximate surface area is 90.2 Å². The first-order valence-electron chi connectivity index (χ1n) is 5.69. The van der Waals surface area contributed by atoms with Gasteiger partial charge in [-0.3, -0.25) is 0 Å². The summed E-state index contributed by atoms with van der Waals surface area (Å²) in [5.74, 6) is -0.176. The monoisotopic (exact) mass is 222 g/mol. The van der Waals surface area contributed by atoms with E-state index in [1.165, 1.54) is 6.92 Å². The molecule has 90 valence electrons. The van der Waals surface area contributed by atoms with Gasteiger partial charge in [-0.05, 0) is 30.1 Å². The van der Waals surface area contributed by atoms with Crippen LogP contribution in [0.25, 0.3) is 0 Å². The molecule has 4 unspecified atom stereocenters. The molecule has 0 saturated heterocycles. The maximum absolute atomic E-state index is 13.2. The van der Waals surface area contributed by atoms with Crippen molar-refractivity contribution in [3.63, 3.8) is 0 Å². The Morgan fingerprint density at radius 2 is 1.53 bits per heavy atom. The quantitative estimate of drug-likeness (QED) is 0.659. The average molecular weight is 222 g/mol. The van der Waals surface area contributed by atoms with Gasteiger partial charge in [0.25, 0.3) is 0 Å². The van der Waals surface area contributed by atoms with Crippen molar-refractivity contribution in [2.75, 3.05) is 0 Å². The molecule has 0 amide bonds. The third-order valence-corrected chi connectivity index (χ3v) is 4.44. The highest BCUT2D eigenvalue weighted by atomic mass is 19.4. The highest BCUT2D eigenvalue weighted by Crippen LogP contribution is 2.62. The van der Waals surface area contributed by atoms with Gasteiger partial charge in [0.1, 0.15) is 0 Å². The number of alkyl halides is 3. The first-order chi connectivity index (χ1) is 6.62. The predicted molar refractivity (Wildman–Crippen MR) is 55.4 cm³/mol. The summed E-state index contributed by atoms with van der Waals surface area (Å²) in [4.78, 5) is 0. The fourth-order valence-electron chi connectivity index (χ4n) is 2.66. The molecule has 0 aromatic rings. The molecule has 0 aromatic heterocycles. The lowest BCUT2D eigenvalue weighted by Crippen LogP contribution is -2.45. The van der Waals surface area contributed by atoms with E-state index in [9.17, 15) is 13.2 Å². The minimum absolute atomic E-state index is 0.0735. The van der Waals surface area contributed by atoms with Crippen molar-refractivity contribution < 1.29 is 13.2 Å². The van der Waals surface area contributed by atoms with Gasteiger partial charge in [-0.2, -0.15) is 13.2 Å². The van der Waals surface area contributed by atoms with E-state index in [0.29, 0.717) is 0 Å². The van der Waals surface area contributed by atoms with E-state index in [4.69, 9.17) is 0 Å². The smallest absolute Gasteiger partial charge is 0.170 e. The molecule has 1 rings (SSSR count). The molecule has 4 atom stereocenters. The third-order valence-electron chi connectivity index (χ3n) is 4.44. The molecular weight excluding hydrogens is 201 g/mol. The summed E-state index contributed by atoms with van der Waals surface area (Å²) < 4.78 is 39.5. The summed E-state index contributed by atoms with van der Waals surface area (Å²) in [6, 6.07) is 0. The van der Waals surface area contributed by atoms with Crippen LogP contribution < -0.4 is 0 Å². The van der Waals surface area contributed by atoms with Gasteiger partial charge in [-0.15, -0.1) is 0 Å². The topological polar surface area (TPSA) is 0 Å². The Morgan fingerprint density at radius 1 is 1.13 bits per heavy atom. The van der Waals surface area contributed by atoms with E-state index in [0.717, 1.165) is 6.42 Å². The lowest BCUT2D eigenvalue weighted by molar-refractivity contribution is -0.249. The van der Waals surface area contributed by atoms with Crippen LogP contribution in [0.2, 0.25) is 0 Å². The lowest BCUT2D eigenvalue weighted by atomic mass is 9.68. The second-order valence-corrected chi connectivity index (χ2v) is 5.63. The summed E-state index contributed by atoms with van der Waals surface area (Å²) in [5, 5.41) is 0. The van der Waals surface area contributed by atoms with Crippen LogP contribution in [-0.4, -0.2) is 6.18 Å². The molecule has 0 radical (unpaired) electrons. The predicted octanol–water partition coefficient (Wildman–Crippen LogP) is 4.50. The van der Waals surface area contributed by atoms with Gasteiger partial charge < -0.3 is 0 Å². The molecular formula is C12H21F3. The van der Waals surface area contributed by atoms with Crippen molar-refractivity contribution in [2.45, 2.75) is 47.2 Å². The minimum atomic E-state index is -4.08. The highest BCUT2D eigenvalue weighted by molar-refractivity contribution is 5.02. The Morgan fingerprint density at radius 3 is 1.73 bits per heavy atom. The molecule has 15 heavy (non-hydrogen) atoms. The first-order valence-corrected chi connectivity index (χ1v) is 5.69. The lowest BCUT2D eigenvalue weighted by Gasteiger charge is -2.40. The molecule has 0 nitrogen and oxygen atoms in total. The zero-order chi connectivity index (χ0) is 12.0. The van der Waals surface area contributed by atoms with E-state index in [-0.39, 0.29) is 23.7 Å². The van der Waals surface area contributed by atoms with E-state index < -0.39 is 11.6 Å². The summed E-state index contributed by atoms with van der Waals surface area (Å²) >= 11 is 0. The van der Waals surface area contributed by atoms with E-state index in [1.54, 1.807) is 6.92 Å². The second kappa shape index (κ2) is 3.67. The van der Waals surface area contributed by atoms with Crippen LogP contribution in [-0.2, 0) is 0 Å². The van der Waals surface area contributed by atoms with Gasteiger partial charge in [0.15, 0.2) is 0 Å². The normalized spacial score (nSPS) is 32.6. The molecule has 0 spiro atoms. The Kier molecular flexibility index (Phi) is 3.15. The number of hydrogen-bond donors (Lipinski definition) is 0. The molecule has 0 heterocycles. The van der Waals surface area contributed by atoms with Crippen LogP contribution in [0.4, 0.5) is 13.2 Å². The molecule has 1 saturated carbocycles. The van der Waals surface area contributed by atoms with Gasteiger partial charge >= 0.3 is 6.18 Å². The minimum Gasteiger partial charge on any atom is -0.170 e. The summed E-state index contributed by atoms with van der Waals surface area (Å²) in [6.07, 6.45) is -3.35. The maximum Gasteiger partial charge on any atom is 0.394 e. The molecule has 3 heteroatoms. The fourth-order valence-corrected chi connectivity index (χ4v) is 2.66. The van der Waals surface area contributed by atoms with Crippen molar-refractivity contribution in [3.05, 3.63) is 0 Å². The van der Waals surface area contributed by atoms with Gasteiger partial charge in [-0.1, -0.05) is 34.6 Å². The molecule has 1 aliphatic carbocycles. The maximum atomic E-state index is 13.2. The largest absolute Gasteiger partial charge is 0.394 e. The van der Waals surface area contributed by atoms with Crippen LogP contribution in [0.15, 0.2) is 0 Å². The van der Waals surface area contributed by atoms with Crippen LogP contribution >= 0.6 is 0 Å². The third kappa shape index (κ3) is 2.02. The molecule has 0 bridgehead atoms. The van der Waals surface area contributed by atoms with Crippen molar-refractivity contribution >= 4 is 0 Å². The molecule has 0 aliphatic heterocycles. The Balaban J connectivity index is 2.97. The number of rotatable bonds is 3. The zero-order valence-corrected chi connectivity index (χ0v) is 10.2. The van der Waals surface area contributed by atoms with Gasteiger partial charge in [-0.25, -0.2) is 0 Å². The Hall–Kier alpha value is -0.210. The van der Waals surface area contributed by atoms with Crippen LogP contribution in [0, 0.1) is 29.1 Å². The average Bonchev–Trinajstić information content (AvgIpc) is 2.78. The first kappa shape index (κ1) is 12.9. The highest BCUT2D eigenvalue weighted by Gasteiger charge is 2.64. The standard InChI is InChI=1S/C12H21F3/c1-7(2)9(4)11(5,12(13,14)15)10-6-8(10)3/h7-10H,6H2,1-5H3. The Bertz CT molecular complexity index is 232. The number of hydrogen-bond acceptors (Lipinski definition) is 0. The van der Waals surface area contributed by atoms with Crippen molar-refractivity contribution in [3.8, 4) is 0 Å². The molecule has 1 aliphatic rings.